The van der Waals surface area contributed by atoms with Crippen LogP contribution in [0.5, 0.6) is 0 Å². The zero-order chi connectivity index (χ0) is 11.4. The Kier molecular flexibility index (Phi) is 4.53. The fourth-order valence-electron chi connectivity index (χ4n) is 3.01. The second-order valence-corrected chi connectivity index (χ2v) is 6.25. The highest BCUT2D eigenvalue weighted by Crippen LogP contribution is 2.35. The van der Waals surface area contributed by atoms with Gasteiger partial charge in [-0.1, -0.05) is 0 Å². The fourth-order valence-corrected chi connectivity index (χ4v) is 4.33. The molecular weight excluding hydrogens is 220 g/mol. The molecule has 0 aromatic carbocycles. The van der Waals surface area contributed by atoms with Gasteiger partial charge < -0.3 is 10.5 Å². The topological polar surface area (TPSA) is 38.5 Å². The molecule has 0 spiro atoms. The van der Waals surface area contributed by atoms with Crippen molar-refractivity contribution in [3.05, 3.63) is 0 Å². The molecule has 2 aliphatic heterocycles. The van der Waals surface area contributed by atoms with E-state index in [2.05, 4.69) is 16.7 Å². The molecule has 0 aromatic rings. The molecule has 2 N–H and O–H groups in total. The van der Waals surface area contributed by atoms with Crippen molar-refractivity contribution in [2.24, 2.45) is 11.7 Å². The molecule has 2 saturated heterocycles. The van der Waals surface area contributed by atoms with E-state index in [1.807, 2.05) is 0 Å². The summed E-state index contributed by atoms with van der Waals surface area (Å²) in [4.78, 5) is 2.64. The fraction of sp³-hybridized carbons (Fsp3) is 1.00. The molecule has 2 heterocycles. The van der Waals surface area contributed by atoms with Gasteiger partial charge in [-0.05, 0) is 37.5 Å². The van der Waals surface area contributed by atoms with Crippen LogP contribution in [0.2, 0.25) is 0 Å². The lowest BCUT2D eigenvalue weighted by Crippen LogP contribution is -2.56. The van der Waals surface area contributed by atoms with Crippen LogP contribution in [0.3, 0.4) is 0 Å². The highest BCUT2D eigenvalue weighted by Gasteiger charge is 2.40. The van der Waals surface area contributed by atoms with E-state index in [9.17, 15) is 0 Å². The van der Waals surface area contributed by atoms with E-state index >= 15 is 0 Å². The Hall–Kier alpha value is 0.230. The SMILES string of the molecule is COCC1CCN(C2(CN)CCCSC2)C1. The molecule has 2 fully saturated rings. The Morgan fingerprint density at radius 3 is 3.06 bits per heavy atom. The van der Waals surface area contributed by atoms with Gasteiger partial charge in [0, 0.05) is 31.5 Å². The molecule has 0 bridgehead atoms. The molecule has 2 atom stereocenters. The lowest BCUT2D eigenvalue weighted by atomic mass is 9.93. The van der Waals surface area contributed by atoms with Crippen LogP contribution in [0.15, 0.2) is 0 Å². The zero-order valence-corrected chi connectivity index (χ0v) is 11.1. The van der Waals surface area contributed by atoms with Crippen molar-refractivity contribution in [2.75, 3.05) is 44.9 Å². The average molecular weight is 244 g/mol. The summed E-state index contributed by atoms with van der Waals surface area (Å²) >= 11 is 2.07. The number of methoxy groups -OCH3 is 1. The molecule has 4 heteroatoms. The summed E-state index contributed by atoms with van der Waals surface area (Å²) in [5.41, 5.74) is 6.35. The van der Waals surface area contributed by atoms with Gasteiger partial charge in [0.15, 0.2) is 0 Å². The van der Waals surface area contributed by atoms with Crippen LogP contribution in [0, 0.1) is 5.92 Å². The average Bonchev–Trinajstić information content (AvgIpc) is 2.80. The van der Waals surface area contributed by atoms with Crippen LogP contribution in [0.4, 0.5) is 0 Å². The van der Waals surface area contributed by atoms with Gasteiger partial charge >= 0.3 is 0 Å². The van der Waals surface area contributed by atoms with E-state index in [-0.39, 0.29) is 0 Å². The summed E-state index contributed by atoms with van der Waals surface area (Å²) in [5.74, 6) is 3.26. The molecule has 2 unspecified atom stereocenters. The molecule has 0 aromatic heterocycles. The van der Waals surface area contributed by atoms with Gasteiger partial charge in [-0.3, -0.25) is 4.90 Å². The Morgan fingerprint density at radius 1 is 1.56 bits per heavy atom. The van der Waals surface area contributed by atoms with Gasteiger partial charge in [0.05, 0.1) is 6.61 Å². The summed E-state index contributed by atoms with van der Waals surface area (Å²) in [6.07, 6.45) is 3.89. The van der Waals surface area contributed by atoms with Gasteiger partial charge in [0.2, 0.25) is 0 Å². The first-order valence-electron chi connectivity index (χ1n) is 6.32. The lowest BCUT2D eigenvalue weighted by molar-refractivity contribution is 0.110. The number of likely N-dealkylation sites (tertiary alicyclic amines) is 1. The van der Waals surface area contributed by atoms with Crippen LogP contribution in [-0.4, -0.2) is 55.3 Å². The third-order valence-corrected chi connectivity index (χ3v) is 5.36. The lowest BCUT2D eigenvalue weighted by Gasteiger charge is -2.43. The quantitative estimate of drug-likeness (QED) is 0.806. The number of ether oxygens (including phenoxy) is 1. The number of hydrogen-bond acceptors (Lipinski definition) is 4. The minimum atomic E-state index is 0.297. The predicted molar refractivity (Wildman–Crippen MR) is 69.9 cm³/mol. The number of nitrogens with zero attached hydrogens (tertiary/aromatic N) is 1. The van der Waals surface area contributed by atoms with Crippen molar-refractivity contribution < 1.29 is 4.74 Å². The molecule has 94 valence electrons. The number of thioether (sulfide) groups is 1. The van der Waals surface area contributed by atoms with Crippen molar-refractivity contribution in [3.8, 4) is 0 Å². The van der Waals surface area contributed by atoms with E-state index in [0.717, 1.165) is 19.1 Å². The largest absolute Gasteiger partial charge is 0.384 e. The Morgan fingerprint density at radius 2 is 2.44 bits per heavy atom. The van der Waals surface area contributed by atoms with Gasteiger partial charge in [-0.2, -0.15) is 11.8 Å². The summed E-state index contributed by atoms with van der Waals surface area (Å²) in [6.45, 7) is 4.13. The molecule has 0 radical (unpaired) electrons. The van der Waals surface area contributed by atoms with E-state index in [4.69, 9.17) is 10.5 Å². The first kappa shape index (κ1) is 12.7. The Balaban J connectivity index is 1.94. The molecule has 3 nitrogen and oxygen atoms in total. The first-order valence-corrected chi connectivity index (χ1v) is 7.48. The number of hydrogen-bond donors (Lipinski definition) is 1. The van der Waals surface area contributed by atoms with Gasteiger partial charge in [-0.25, -0.2) is 0 Å². The maximum absolute atomic E-state index is 6.05. The Bertz CT molecular complexity index is 219. The summed E-state index contributed by atoms with van der Waals surface area (Å²) in [7, 11) is 1.80. The standard InChI is InChI=1S/C12H24N2OS/c1-15-8-11-3-5-14(7-11)12(9-13)4-2-6-16-10-12/h11H,2-10,13H2,1H3. The highest BCUT2D eigenvalue weighted by molar-refractivity contribution is 7.99. The summed E-state index contributed by atoms with van der Waals surface area (Å²) in [6, 6.07) is 0. The normalized spacial score (nSPS) is 36.8. The van der Waals surface area contributed by atoms with Crippen molar-refractivity contribution in [3.63, 3.8) is 0 Å². The van der Waals surface area contributed by atoms with E-state index in [1.165, 1.54) is 43.9 Å². The minimum Gasteiger partial charge on any atom is -0.384 e. The maximum atomic E-state index is 6.05. The first-order chi connectivity index (χ1) is 7.80. The van der Waals surface area contributed by atoms with Crippen molar-refractivity contribution in [1.82, 2.24) is 4.90 Å². The van der Waals surface area contributed by atoms with E-state index in [1.54, 1.807) is 7.11 Å². The van der Waals surface area contributed by atoms with E-state index < -0.39 is 0 Å². The van der Waals surface area contributed by atoms with Crippen LogP contribution in [0.25, 0.3) is 0 Å². The van der Waals surface area contributed by atoms with Gasteiger partial charge in [0.25, 0.3) is 0 Å². The van der Waals surface area contributed by atoms with Crippen molar-refractivity contribution in [1.29, 1.82) is 0 Å². The number of nitrogens with two attached hydrogens (primary N) is 1. The smallest absolute Gasteiger partial charge is 0.0503 e. The van der Waals surface area contributed by atoms with Crippen LogP contribution >= 0.6 is 11.8 Å². The molecule has 2 rings (SSSR count). The van der Waals surface area contributed by atoms with E-state index in [0.29, 0.717) is 5.54 Å². The molecule has 0 saturated carbocycles. The van der Waals surface area contributed by atoms with Crippen LogP contribution in [-0.2, 0) is 4.74 Å². The zero-order valence-electron chi connectivity index (χ0n) is 10.3. The maximum Gasteiger partial charge on any atom is 0.0503 e. The third-order valence-electron chi connectivity index (χ3n) is 4.04. The van der Waals surface area contributed by atoms with Crippen LogP contribution in [0.1, 0.15) is 19.3 Å². The minimum absolute atomic E-state index is 0.297. The molecule has 16 heavy (non-hydrogen) atoms. The predicted octanol–water partition coefficient (Wildman–Crippen LogP) is 1.18. The summed E-state index contributed by atoms with van der Waals surface area (Å²) < 4.78 is 5.26. The second-order valence-electron chi connectivity index (χ2n) is 5.14. The molecule has 0 aliphatic carbocycles. The molecule has 2 aliphatic rings. The monoisotopic (exact) mass is 244 g/mol. The van der Waals surface area contributed by atoms with Crippen molar-refractivity contribution in [2.45, 2.75) is 24.8 Å². The van der Waals surface area contributed by atoms with Gasteiger partial charge in [0.1, 0.15) is 0 Å². The number of rotatable bonds is 4. The molecular formula is C12H24N2OS. The third kappa shape index (κ3) is 2.55. The Labute approximate surface area is 103 Å². The van der Waals surface area contributed by atoms with Crippen LogP contribution < -0.4 is 5.73 Å². The van der Waals surface area contributed by atoms with Gasteiger partial charge in [-0.15, -0.1) is 0 Å². The highest BCUT2D eigenvalue weighted by atomic mass is 32.2. The summed E-state index contributed by atoms with van der Waals surface area (Å²) in [5, 5.41) is 0. The molecule has 0 amide bonds. The second kappa shape index (κ2) is 5.71. The van der Waals surface area contributed by atoms with Crippen molar-refractivity contribution >= 4 is 11.8 Å².